The van der Waals surface area contributed by atoms with Crippen molar-refractivity contribution in [2.45, 2.75) is 39.5 Å². The molecule has 1 unspecified atom stereocenters. The van der Waals surface area contributed by atoms with Crippen LogP contribution >= 0.6 is 0 Å². The molecule has 13 heteroatoms. The van der Waals surface area contributed by atoms with E-state index in [4.69, 9.17) is 4.74 Å². The molecule has 2 aromatic carbocycles. The largest absolute Gasteiger partial charge is 0.457 e. The maximum absolute atomic E-state index is 13.1. The summed E-state index contributed by atoms with van der Waals surface area (Å²) in [6.07, 6.45) is -9.67. The molecule has 1 aliphatic rings. The third kappa shape index (κ3) is 8.33. The first-order valence-electron chi connectivity index (χ1n) is 12.0. The molecule has 0 aromatic heterocycles. The van der Waals surface area contributed by atoms with Crippen molar-refractivity contribution in [1.82, 2.24) is 10.4 Å². The average Bonchev–Trinajstić information content (AvgIpc) is 2.82. The van der Waals surface area contributed by atoms with Crippen LogP contribution in [0.4, 0.5) is 32.0 Å². The third-order valence-electron chi connectivity index (χ3n) is 6.10. The minimum absolute atomic E-state index is 0.00339. The topological polar surface area (TPSA) is 90.9 Å². The van der Waals surface area contributed by atoms with Gasteiger partial charge in [0.25, 0.3) is 0 Å². The number of ether oxygens (including phenoxy) is 1. The summed E-state index contributed by atoms with van der Waals surface area (Å²) in [5.74, 6) is -3.42. The molecular weight excluding hydrogens is 532 g/mol. The lowest BCUT2D eigenvalue weighted by molar-refractivity contribution is -0.143. The van der Waals surface area contributed by atoms with E-state index in [1.165, 1.54) is 24.3 Å². The summed E-state index contributed by atoms with van der Waals surface area (Å²) in [6, 6.07) is 6.19. The van der Waals surface area contributed by atoms with Crippen LogP contribution in [0, 0.1) is 17.3 Å². The van der Waals surface area contributed by atoms with Crippen molar-refractivity contribution in [2.24, 2.45) is 17.3 Å². The highest BCUT2D eigenvalue weighted by Gasteiger charge is 2.40. The number of nitrogens with zero attached hydrogens (tertiary/aromatic N) is 1. The second kappa shape index (κ2) is 11.4. The molecule has 3 rings (SSSR count). The highest BCUT2D eigenvalue weighted by Crippen LogP contribution is 2.39. The first kappa shape index (κ1) is 30.2. The SMILES string of the molecule is CC(C)(C)CN1CCC(C(=O)Nc2ccc(Oc3cc(C(F)(F)F)cc(C(F)(F)F)c3)cc2)[C@@H](C(=O)NO)C1. The molecule has 1 heterocycles. The maximum atomic E-state index is 13.1. The Morgan fingerprint density at radius 3 is 1.95 bits per heavy atom. The van der Waals surface area contributed by atoms with Gasteiger partial charge in [0.2, 0.25) is 11.8 Å². The minimum atomic E-state index is -5.01. The van der Waals surface area contributed by atoms with Crippen LogP contribution in [-0.4, -0.2) is 41.6 Å². The van der Waals surface area contributed by atoms with Crippen LogP contribution in [0.15, 0.2) is 42.5 Å². The van der Waals surface area contributed by atoms with Gasteiger partial charge in [-0.2, -0.15) is 26.3 Å². The van der Waals surface area contributed by atoms with Gasteiger partial charge in [-0.15, -0.1) is 0 Å². The van der Waals surface area contributed by atoms with E-state index in [0.29, 0.717) is 31.6 Å². The normalized spacial score (nSPS) is 18.9. The Balaban J connectivity index is 1.72. The van der Waals surface area contributed by atoms with Crippen molar-refractivity contribution in [2.75, 3.05) is 25.0 Å². The molecular formula is C26H29F6N3O4. The van der Waals surface area contributed by atoms with Crippen LogP contribution in [0.3, 0.4) is 0 Å². The molecule has 214 valence electrons. The lowest BCUT2D eigenvalue weighted by Crippen LogP contribution is -2.51. The summed E-state index contributed by atoms with van der Waals surface area (Å²) in [4.78, 5) is 27.4. The van der Waals surface area contributed by atoms with Gasteiger partial charge in [-0.25, -0.2) is 5.48 Å². The van der Waals surface area contributed by atoms with Crippen LogP contribution in [0.25, 0.3) is 0 Å². The van der Waals surface area contributed by atoms with Crippen LogP contribution in [-0.2, 0) is 21.9 Å². The standard InChI is InChI=1S/C26H29F6N3O4/c1-24(2,3)14-35-9-8-20(21(13-35)23(37)34-38)22(36)33-17-4-6-18(7-5-17)39-19-11-15(25(27,28)29)10-16(12-19)26(30,31)32/h4-7,10-12,20-21,38H,8-9,13-14H2,1-3H3,(H,33,36)(H,34,37)/t20?,21-/m0/s1. The van der Waals surface area contributed by atoms with E-state index in [0.717, 1.165) is 0 Å². The number of benzene rings is 2. The number of likely N-dealkylation sites (tertiary alicyclic amines) is 1. The summed E-state index contributed by atoms with van der Waals surface area (Å²) in [5, 5.41) is 11.8. The van der Waals surface area contributed by atoms with Gasteiger partial charge in [-0.3, -0.25) is 14.8 Å². The smallest absolute Gasteiger partial charge is 0.416 e. The number of anilines is 1. The Morgan fingerprint density at radius 1 is 0.897 bits per heavy atom. The quantitative estimate of drug-likeness (QED) is 0.231. The summed E-state index contributed by atoms with van der Waals surface area (Å²) >= 11 is 0. The molecule has 0 aliphatic carbocycles. The van der Waals surface area contributed by atoms with Gasteiger partial charge < -0.3 is 15.0 Å². The fourth-order valence-corrected chi connectivity index (χ4v) is 4.46. The fourth-order valence-electron chi connectivity index (χ4n) is 4.46. The Kier molecular flexibility index (Phi) is 8.85. The molecule has 1 saturated heterocycles. The summed E-state index contributed by atoms with van der Waals surface area (Å²) in [6.45, 7) is 7.65. The number of amides is 2. The van der Waals surface area contributed by atoms with E-state index in [2.05, 4.69) is 5.32 Å². The van der Waals surface area contributed by atoms with Gasteiger partial charge in [-0.1, -0.05) is 20.8 Å². The Bertz CT molecular complexity index is 1140. The molecule has 0 spiro atoms. The van der Waals surface area contributed by atoms with Crippen LogP contribution in [0.1, 0.15) is 38.3 Å². The zero-order valence-corrected chi connectivity index (χ0v) is 21.4. The molecule has 1 fully saturated rings. The van der Waals surface area contributed by atoms with E-state index in [9.17, 15) is 41.1 Å². The molecule has 3 N–H and O–H groups in total. The first-order valence-corrected chi connectivity index (χ1v) is 12.0. The van der Waals surface area contributed by atoms with Crippen molar-refractivity contribution >= 4 is 17.5 Å². The Morgan fingerprint density at radius 2 is 1.46 bits per heavy atom. The molecule has 2 amide bonds. The van der Waals surface area contributed by atoms with Gasteiger partial charge >= 0.3 is 12.4 Å². The number of alkyl halides is 6. The van der Waals surface area contributed by atoms with Gasteiger partial charge in [0.05, 0.1) is 23.0 Å². The van der Waals surface area contributed by atoms with Crippen molar-refractivity contribution in [3.8, 4) is 11.5 Å². The zero-order valence-electron chi connectivity index (χ0n) is 21.4. The monoisotopic (exact) mass is 561 g/mol. The molecule has 39 heavy (non-hydrogen) atoms. The minimum Gasteiger partial charge on any atom is -0.457 e. The number of hydrogen-bond donors (Lipinski definition) is 3. The molecule has 2 aromatic rings. The Hall–Kier alpha value is -3.32. The van der Waals surface area contributed by atoms with Gasteiger partial charge in [-0.05, 0) is 60.8 Å². The van der Waals surface area contributed by atoms with Crippen molar-refractivity contribution in [3.63, 3.8) is 0 Å². The molecule has 2 atom stereocenters. The number of nitrogens with one attached hydrogen (secondary N) is 2. The number of carbonyl (C=O) groups is 2. The van der Waals surface area contributed by atoms with Crippen molar-refractivity contribution in [1.29, 1.82) is 0 Å². The molecule has 0 saturated carbocycles. The number of hydrogen-bond acceptors (Lipinski definition) is 5. The summed E-state index contributed by atoms with van der Waals surface area (Å²) in [5.41, 5.74) is -1.16. The number of halogens is 6. The number of carbonyl (C=O) groups excluding carboxylic acids is 2. The molecule has 7 nitrogen and oxygen atoms in total. The predicted molar refractivity (Wildman–Crippen MR) is 129 cm³/mol. The van der Waals surface area contributed by atoms with E-state index in [-0.39, 0.29) is 29.5 Å². The van der Waals surface area contributed by atoms with Gasteiger partial charge in [0, 0.05) is 18.8 Å². The lowest BCUT2D eigenvalue weighted by atomic mass is 9.83. The van der Waals surface area contributed by atoms with Gasteiger partial charge in [0.1, 0.15) is 11.5 Å². The molecule has 0 bridgehead atoms. The second-order valence-electron chi connectivity index (χ2n) is 10.6. The average molecular weight is 562 g/mol. The number of rotatable bonds is 6. The number of hydroxylamine groups is 1. The highest BCUT2D eigenvalue weighted by molar-refractivity contribution is 5.96. The Labute approximate surface area is 221 Å². The van der Waals surface area contributed by atoms with E-state index in [1.54, 1.807) is 5.48 Å². The molecule has 1 aliphatic heterocycles. The lowest BCUT2D eigenvalue weighted by Gasteiger charge is -2.39. The van der Waals surface area contributed by atoms with Crippen molar-refractivity contribution < 1.29 is 45.9 Å². The zero-order chi connectivity index (χ0) is 29.2. The first-order chi connectivity index (χ1) is 18.0. The predicted octanol–water partition coefficient (Wildman–Crippen LogP) is 5.94. The second-order valence-corrected chi connectivity index (χ2v) is 10.6. The maximum Gasteiger partial charge on any atom is 0.416 e. The van der Waals surface area contributed by atoms with Crippen LogP contribution < -0.4 is 15.5 Å². The van der Waals surface area contributed by atoms with Crippen LogP contribution in [0.5, 0.6) is 11.5 Å². The van der Waals surface area contributed by atoms with E-state index in [1.807, 2.05) is 25.7 Å². The number of piperidine rings is 1. The highest BCUT2D eigenvalue weighted by atomic mass is 19.4. The third-order valence-corrected chi connectivity index (χ3v) is 6.10. The van der Waals surface area contributed by atoms with Crippen LogP contribution in [0.2, 0.25) is 0 Å². The van der Waals surface area contributed by atoms with Crippen molar-refractivity contribution in [3.05, 3.63) is 53.6 Å². The summed E-state index contributed by atoms with van der Waals surface area (Å²) in [7, 11) is 0. The molecule has 0 radical (unpaired) electrons. The van der Waals surface area contributed by atoms with E-state index >= 15 is 0 Å². The van der Waals surface area contributed by atoms with Gasteiger partial charge in [0.15, 0.2) is 0 Å². The summed E-state index contributed by atoms with van der Waals surface area (Å²) < 4.78 is 83.8. The van der Waals surface area contributed by atoms with E-state index < -0.39 is 52.9 Å². The fraction of sp³-hybridized carbons (Fsp3) is 0.462.